The van der Waals surface area contributed by atoms with E-state index in [1.807, 2.05) is 13.8 Å². The molecule has 0 fully saturated rings. The average molecular weight is 244 g/mol. The standard InChI is InChI=1S/C12H14F2O3/c1-7(2)10-6-9(17-12(13)14)4-3-8(10)5-11(15)16/h3-4,6-7,12H,5H2,1-2H3,(H,15,16). The van der Waals surface area contributed by atoms with E-state index < -0.39 is 12.6 Å². The lowest BCUT2D eigenvalue weighted by Crippen LogP contribution is -2.07. The van der Waals surface area contributed by atoms with E-state index in [2.05, 4.69) is 4.74 Å². The number of hydrogen-bond donors (Lipinski definition) is 1. The molecule has 0 atom stereocenters. The minimum absolute atomic E-state index is 0.0468. The van der Waals surface area contributed by atoms with E-state index in [-0.39, 0.29) is 18.1 Å². The fourth-order valence-corrected chi connectivity index (χ4v) is 1.61. The van der Waals surface area contributed by atoms with Gasteiger partial charge in [-0.1, -0.05) is 19.9 Å². The number of carboxylic acid groups (broad SMARTS) is 1. The molecule has 1 aromatic carbocycles. The molecule has 3 nitrogen and oxygen atoms in total. The number of alkyl halides is 2. The zero-order valence-electron chi connectivity index (χ0n) is 9.61. The van der Waals surface area contributed by atoms with E-state index in [0.29, 0.717) is 11.1 Å². The summed E-state index contributed by atoms with van der Waals surface area (Å²) in [7, 11) is 0. The summed E-state index contributed by atoms with van der Waals surface area (Å²) >= 11 is 0. The van der Waals surface area contributed by atoms with Gasteiger partial charge in [0.1, 0.15) is 5.75 Å². The van der Waals surface area contributed by atoms with Gasteiger partial charge in [0.15, 0.2) is 0 Å². The lowest BCUT2D eigenvalue weighted by atomic mass is 9.95. The summed E-state index contributed by atoms with van der Waals surface area (Å²) in [4.78, 5) is 10.7. The molecule has 1 aromatic rings. The fourth-order valence-electron chi connectivity index (χ4n) is 1.61. The Hall–Kier alpha value is -1.65. The molecule has 17 heavy (non-hydrogen) atoms. The Morgan fingerprint density at radius 2 is 2.06 bits per heavy atom. The van der Waals surface area contributed by atoms with Crippen molar-refractivity contribution in [2.75, 3.05) is 0 Å². The summed E-state index contributed by atoms with van der Waals surface area (Å²) in [6, 6.07) is 4.34. The largest absolute Gasteiger partial charge is 0.481 e. The van der Waals surface area contributed by atoms with Gasteiger partial charge in [-0.05, 0) is 29.2 Å². The fraction of sp³-hybridized carbons (Fsp3) is 0.417. The zero-order valence-corrected chi connectivity index (χ0v) is 9.61. The maximum Gasteiger partial charge on any atom is 0.387 e. The SMILES string of the molecule is CC(C)c1cc(OC(F)F)ccc1CC(=O)O. The predicted octanol–water partition coefficient (Wildman–Crippen LogP) is 3.04. The maximum absolute atomic E-state index is 12.0. The number of halogens is 2. The van der Waals surface area contributed by atoms with Crippen molar-refractivity contribution in [3.63, 3.8) is 0 Å². The van der Waals surface area contributed by atoms with Crippen molar-refractivity contribution >= 4 is 5.97 Å². The van der Waals surface area contributed by atoms with Gasteiger partial charge in [0.05, 0.1) is 6.42 Å². The number of ether oxygens (including phenoxy) is 1. The molecule has 0 unspecified atom stereocenters. The van der Waals surface area contributed by atoms with Gasteiger partial charge in [0, 0.05) is 0 Å². The number of aliphatic carboxylic acids is 1. The molecular weight excluding hydrogens is 230 g/mol. The molecule has 0 spiro atoms. The maximum atomic E-state index is 12.0. The molecule has 0 bridgehead atoms. The van der Waals surface area contributed by atoms with Crippen molar-refractivity contribution in [1.82, 2.24) is 0 Å². The van der Waals surface area contributed by atoms with Crippen LogP contribution in [0.2, 0.25) is 0 Å². The molecule has 0 aliphatic rings. The second kappa shape index (κ2) is 5.61. The first-order valence-electron chi connectivity index (χ1n) is 5.19. The van der Waals surface area contributed by atoms with E-state index in [9.17, 15) is 13.6 Å². The Kier molecular flexibility index (Phi) is 4.43. The van der Waals surface area contributed by atoms with E-state index >= 15 is 0 Å². The molecule has 0 aliphatic carbocycles. The third-order valence-electron chi connectivity index (χ3n) is 2.31. The van der Waals surface area contributed by atoms with Crippen LogP contribution < -0.4 is 4.74 Å². The van der Waals surface area contributed by atoms with E-state index in [1.165, 1.54) is 18.2 Å². The molecule has 0 saturated heterocycles. The summed E-state index contributed by atoms with van der Waals surface area (Å²) in [6.07, 6.45) is -0.123. The van der Waals surface area contributed by atoms with Crippen LogP contribution >= 0.6 is 0 Å². The second-order valence-electron chi connectivity index (χ2n) is 3.96. The predicted molar refractivity (Wildman–Crippen MR) is 58.5 cm³/mol. The highest BCUT2D eigenvalue weighted by atomic mass is 19.3. The number of carboxylic acids is 1. The summed E-state index contributed by atoms with van der Waals surface area (Å²) < 4.78 is 28.4. The monoisotopic (exact) mass is 244 g/mol. The summed E-state index contributed by atoms with van der Waals surface area (Å²) in [5.74, 6) is -0.849. The van der Waals surface area contributed by atoms with Crippen LogP contribution in [0.1, 0.15) is 30.9 Å². The Labute approximate surface area is 98.0 Å². The Balaban J connectivity index is 3.03. The molecule has 1 N–H and O–H groups in total. The van der Waals surface area contributed by atoms with Crippen LogP contribution in [0.4, 0.5) is 8.78 Å². The van der Waals surface area contributed by atoms with Gasteiger partial charge in [-0.25, -0.2) is 0 Å². The van der Waals surface area contributed by atoms with E-state index in [1.54, 1.807) is 0 Å². The molecule has 0 saturated carbocycles. The third-order valence-corrected chi connectivity index (χ3v) is 2.31. The van der Waals surface area contributed by atoms with Gasteiger partial charge in [-0.2, -0.15) is 8.78 Å². The number of rotatable bonds is 5. The summed E-state index contributed by atoms with van der Waals surface area (Å²) in [6.45, 7) is 0.861. The average Bonchev–Trinajstić information content (AvgIpc) is 2.18. The smallest absolute Gasteiger partial charge is 0.387 e. The van der Waals surface area contributed by atoms with Gasteiger partial charge in [-0.3, -0.25) is 4.79 Å². The second-order valence-corrected chi connectivity index (χ2v) is 3.96. The molecule has 0 heterocycles. The van der Waals surface area contributed by atoms with Crippen LogP contribution in [-0.2, 0) is 11.2 Å². The third kappa shape index (κ3) is 4.01. The molecule has 0 aliphatic heterocycles. The molecular formula is C12H14F2O3. The molecule has 1 rings (SSSR count). The first kappa shape index (κ1) is 13.4. The van der Waals surface area contributed by atoms with Gasteiger partial charge >= 0.3 is 12.6 Å². The Morgan fingerprint density at radius 3 is 2.53 bits per heavy atom. The van der Waals surface area contributed by atoms with Crippen LogP contribution in [0.5, 0.6) is 5.75 Å². The van der Waals surface area contributed by atoms with Crippen molar-refractivity contribution in [1.29, 1.82) is 0 Å². The normalized spacial score (nSPS) is 10.9. The minimum atomic E-state index is -2.87. The lowest BCUT2D eigenvalue weighted by molar-refractivity contribution is -0.136. The Bertz CT molecular complexity index is 403. The van der Waals surface area contributed by atoms with Crippen molar-refractivity contribution < 1.29 is 23.4 Å². The van der Waals surface area contributed by atoms with Crippen LogP contribution in [-0.4, -0.2) is 17.7 Å². The number of carbonyl (C=O) groups is 1. The highest BCUT2D eigenvalue weighted by Gasteiger charge is 2.13. The van der Waals surface area contributed by atoms with Gasteiger partial charge in [-0.15, -0.1) is 0 Å². The first-order chi connectivity index (χ1) is 7.90. The van der Waals surface area contributed by atoms with E-state index in [4.69, 9.17) is 5.11 Å². The number of hydrogen-bond acceptors (Lipinski definition) is 2. The van der Waals surface area contributed by atoms with Crippen LogP contribution in [0.3, 0.4) is 0 Å². The molecule has 0 radical (unpaired) electrons. The highest BCUT2D eigenvalue weighted by Crippen LogP contribution is 2.26. The van der Waals surface area contributed by atoms with Crippen LogP contribution in [0.25, 0.3) is 0 Å². The van der Waals surface area contributed by atoms with E-state index in [0.717, 1.165) is 0 Å². The van der Waals surface area contributed by atoms with Crippen LogP contribution in [0.15, 0.2) is 18.2 Å². The van der Waals surface area contributed by atoms with Crippen molar-refractivity contribution in [3.05, 3.63) is 29.3 Å². The molecule has 94 valence electrons. The van der Waals surface area contributed by atoms with Gasteiger partial charge in [0.25, 0.3) is 0 Å². The van der Waals surface area contributed by atoms with Gasteiger partial charge in [0.2, 0.25) is 0 Å². The van der Waals surface area contributed by atoms with Gasteiger partial charge < -0.3 is 9.84 Å². The van der Waals surface area contributed by atoms with Crippen LogP contribution in [0, 0.1) is 0 Å². The summed E-state index contributed by atoms with van der Waals surface area (Å²) in [5.41, 5.74) is 1.33. The van der Waals surface area contributed by atoms with Crippen molar-refractivity contribution in [2.45, 2.75) is 32.8 Å². The molecule has 0 amide bonds. The summed E-state index contributed by atoms with van der Waals surface area (Å²) in [5, 5.41) is 8.74. The quantitative estimate of drug-likeness (QED) is 0.865. The molecule has 5 heteroatoms. The Morgan fingerprint density at radius 1 is 1.41 bits per heavy atom. The minimum Gasteiger partial charge on any atom is -0.481 e. The highest BCUT2D eigenvalue weighted by molar-refractivity contribution is 5.71. The lowest BCUT2D eigenvalue weighted by Gasteiger charge is -2.13. The first-order valence-corrected chi connectivity index (χ1v) is 5.19. The molecule has 0 aromatic heterocycles. The zero-order chi connectivity index (χ0) is 13.0. The van der Waals surface area contributed by atoms with Crippen molar-refractivity contribution in [3.8, 4) is 5.75 Å². The topological polar surface area (TPSA) is 46.5 Å². The number of benzene rings is 1. The van der Waals surface area contributed by atoms with Crippen molar-refractivity contribution in [2.24, 2.45) is 0 Å².